The van der Waals surface area contributed by atoms with E-state index in [9.17, 15) is 19.5 Å². The van der Waals surface area contributed by atoms with Gasteiger partial charge >= 0.3 is 0 Å². The molecule has 8 nitrogen and oxygen atoms in total. The zero-order valence-electron chi connectivity index (χ0n) is 21.5. The lowest BCUT2D eigenvalue weighted by Gasteiger charge is -2.35. The number of amides is 3. The lowest BCUT2D eigenvalue weighted by atomic mass is 9.77. The van der Waals surface area contributed by atoms with Crippen LogP contribution < -0.4 is 0 Å². The van der Waals surface area contributed by atoms with Crippen LogP contribution in [0.2, 0.25) is 0 Å². The van der Waals surface area contributed by atoms with Gasteiger partial charge in [0.25, 0.3) is 0 Å². The average molecular weight is 508 g/mol. The molecule has 2 fully saturated rings. The van der Waals surface area contributed by atoms with Crippen LogP contribution in [-0.2, 0) is 25.7 Å². The molecule has 198 valence electrons. The molecule has 5 atom stereocenters. The fourth-order valence-corrected chi connectivity index (χ4v) is 6.46. The van der Waals surface area contributed by atoms with Gasteiger partial charge in [-0.3, -0.25) is 14.4 Å². The van der Waals surface area contributed by atoms with Crippen LogP contribution in [0.4, 0.5) is 0 Å². The maximum atomic E-state index is 14.2. The van der Waals surface area contributed by atoms with Crippen molar-refractivity contribution in [1.82, 2.24) is 14.7 Å². The normalized spacial score (nSPS) is 30.9. The van der Waals surface area contributed by atoms with E-state index in [1.54, 1.807) is 14.7 Å². The number of fused-ring (bicyclic) bond motifs is 2. The first-order chi connectivity index (χ1) is 18.0. The molecule has 1 aromatic carbocycles. The Bertz CT molecular complexity index is 1070. The summed E-state index contributed by atoms with van der Waals surface area (Å²) < 4.78 is 6.66. The van der Waals surface area contributed by atoms with Crippen molar-refractivity contribution < 1.29 is 24.2 Å². The molecular weight excluding hydrogens is 470 g/mol. The highest BCUT2D eigenvalue weighted by Gasteiger charge is 2.71. The predicted octanol–water partition coefficient (Wildman–Crippen LogP) is 2.14. The summed E-state index contributed by atoms with van der Waals surface area (Å²) in [6.45, 7) is 4.49. The predicted molar refractivity (Wildman–Crippen MR) is 138 cm³/mol. The molecule has 3 amide bonds. The van der Waals surface area contributed by atoms with Crippen LogP contribution >= 0.6 is 0 Å². The summed E-state index contributed by atoms with van der Waals surface area (Å²) >= 11 is 0. The molecule has 0 radical (unpaired) electrons. The lowest BCUT2D eigenvalue weighted by molar-refractivity contribution is -0.148. The van der Waals surface area contributed by atoms with E-state index >= 15 is 0 Å². The van der Waals surface area contributed by atoms with Crippen molar-refractivity contribution in [3.63, 3.8) is 0 Å². The molecule has 2 saturated heterocycles. The Labute approximate surface area is 218 Å². The smallest absolute Gasteiger partial charge is 0.249 e. The summed E-state index contributed by atoms with van der Waals surface area (Å²) in [5.74, 6) is -1.79. The average Bonchev–Trinajstić information content (AvgIpc) is 3.22. The van der Waals surface area contributed by atoms with Crippen molar-refractivity contribution in [1.29, 1.82) is 0 Å². The molecule has 1 unspecified atom stereocenters. The number of hydrogen-bond acceptors (Lipinski definition) is 5. The largest absolute Gasteiger partial charge is 0.396 e. The second-order valence-corrected chi connectivity index (χ2v) is 10.5. The number of carbonyl (C=O) groups excluding carboxylic acids is 3. The summed E-state index contributed by atoms with van der Waals surface area (Å²) in [6.07, 6.45) is 10.0. The molecule has 1 aromatic rings. The fraction of sp³-hybridized carbons (Fsp3) is 0.552. The number of ether oxygens (including phenoxy) is 1. The summed E-state index contributed by atoms with van der Waals surface area (Å²) in [6, 6.07) is 9.00. The van der Waals surface area contributed by atoms with Gasteiger partial charge in [0.05, 0.1) is 17.9 Å². The topological polar surface area (TPSA) is 90.4 Å². The monoisotopic (exact) mass is 507 g/mol. The van der Waals surface area contributed by atoms with Crippen molar-refractivity contribution in [3.8, 4) is 0 Å². The SMILES string of the molecule is CCCN1CC=C[C@@H]2O[C@]34C=CCN(Cc5ccccc5)C(=O)C3N(CCCCCO)C(=O)[C@@H]4[C@@H]2C1=O. The standard InChI is InChI=1S/C29H37N3O5/c1-2-15-30-16-9-13-22-23(26(30)34)24-27(35)32(18-7-4-8-19-33)25-28(36)31(17-10-14-29(24,25)37-22)20-21-11-5-3-6-12-21/h3,5-6,9-14,22-25,33H,2,4,7-8,15-20H2,1H3/t22-,23+,24-,25?,29-/m0/s1. The van der Waals surface area contributed by atoms with Crippen LogP contribution in [0, 0.1) is 11.8 Å². The highest BCUT2D eigenvalue weighted by Crippen LogP contribution is 2.53. The first-order valence-electron chi connectivity index (χ1n) is 13.6. The van der Waals surface area contributed by atoms with E-state index in [-0.39, 0.29) is 24.3 Å². The van der Waals surface area contributed by atoms with Crippen LogP contribution in [0.3, 0.4) is 0 Å². The molecule has 4 heterocycles. The second kappa shape index (κ2) is 10.8. The van der Waals surface area contributed by atoms with Gasteiger partial charge in [0.15, 0.2) is 0 Å². The Morgan fingerprint density at radius 1 is 0.946 bits per heavy atom. The lowest BCUT2D eigenvalue weighted by Crippen LogP contribution is -2.55. The minimum absolute atomic E-state index is 0.0702. The first-order valence-corrected chi connectivity index (χ1v) is 13.6. The van der Waals surface area contributed by atoms with E-state index in [1.165, 1.54) is 0 Å². The minimum atomic E-state index is -1.18. The molecule has 1 spiro atoms. The quantitative estimate of drug-likeness (QED) is 0.409. The van der Waals surface area contributed by atoms with E-state index in [4.69, 9.17) is 4.74 Å². The van der Waals surface area contributed by atoms with Crippen LogP contribution in [0.15, 0.2) is 54.6 Å². The Hall–Kier alpha value is -2.97. The van der Waals surface area contributed by atoms with Gasteiger partial charge in [-0.2, -0.15) is 0 Å². The van der Waals surface area contributed by atoms with Gasteiger partial charge in [-0.25, -0.2) is 0 Å². The summed E-state index contributed by atoms with van der Waals surface area (Å²) in [5, 5.41) is 9.22. The number of rotatable bonds is 9. The van der Waals surface area contributed by atoms with E-state index < -0.39 is 29.6 Å². The molecule has 0 aromatic heterocycles. The van der Waals surface area contributed by atoms with Crippen LogP contribution in [-0.4, -0.2) is 88.1 Å². The number of unbranched alkanes of at least 4 members (excludes halogenated alkanes) is 2. The molecule has 4 aliphatic rings. The molecule has 4 aliphatic heterocycles. The molecular formula is C29H37N3O5. The highest BCUT2D eigenvalue weighted by molar-refractivity contribution is 5.99. The fourth-order valence-electron chi connectivity index (χ4n) is 6.46. The van der Waals surface area contributed by atoms with Crippen molar-refractivity contribution in [3.05, 3.63) is 60.2 Å². The first kappa shape index (κ1) is 25.7. The number of hydrogen-bond donors (Lipinski definition) is 1. The number of nitrogens with zero attached hydrogens (tertiary/aromatic N) is 3. The molecule has 0 bridgehead atoms. The van der Waals surface area contributed by atoms with E-state index in [2.05, 4.69) is 0 Å². The van der Waals surface area contributed by atoms with Gasteiger partial charge in [-0.15, -0.1) is 0 Å². The van der Waals surface area contributed by atoms with Gasteiger partial charge in [0, 0.05) is 39.3 Å². The third-order valence-electron chi connectivity index (χ3n) is 8.09. The minimum Gasteiger partial charge on any atom is -0.396 e. The summed E-state index contributed by atoms with van der Waals surface area (Å²) in [5.41, 5.74) is -0.164. The van der Waals surface area contributed by atoms with Gasteiger partial charge in [-0.1, -0.05) is 61.6 Å². The van der Waals surface area contributed by atoms with Crippen LogP contribution in [0.25, 0.3) is 0 Å². The molecule has 0 aliphatic carbocycles. The maximum Gasteiger partial charge on any atom is 0.249 e. The third-order valence-corrected chi connectivity index (χ3v) is 8.09. The van der Waals surface area contributed by atoms with Gasteiger partial charge in [0.1, 0.15) is 11.6 Å². The molecule has 5 rings (SSSR count). The van der Waals surface area contributed by atoms with Gasteiger partial charge in [0.2, 0.25) is 17.7 Å². The highest BCUT2D eigenvalue weighted by atomic mass is 16.5. The summed E-state index contributed by atoms with van der Waals surface area (Å²) in [7, 11) is 0. The van der Waals surface area contributed by atoms with E-state index in [0.717, 1.165) is 18.4 Å². The molecule has 1 N–H and O–H groups in total. The zero-order chi connectivity index (χ0) is 26.0. The van der Waals surface area contributed by atoms with Crippen molar-refractivity contribution in [2.24, 2.45) is 11.8 Å². The number of benzene rings is 1. The Kier molecular flexibility index (Phi) is 7.49. The molecule has 0 saturated carbocycles. The number of carbonyl (C=O) groups is 3. The van der Waals surface area contributed by atoms with E-state index in [0.29, 0.717) is 45.6 Å². The van der Waals surface area contributed by atoms with Crippen LogP contribution in [0.5, 0.6) is 0 Å². The number of aliphatic hydroxyl groups excluding tert-OH is 1. The molecule has 37 heavy (non-hydrogen) atoms. The van der Waals surface area contributed by atoms with E-state index in [1.807, 2.05) is 61.6 Å². The zero-order valence-corrected chi connectivity index (χ0v) is 21.5. The van der Waals surface area contributed by atoms with Crippen molar-refractivity contribution in [2.45, 2.75) is 56.9 Å². The van der Waals surface area contributed by atoms with Crippen molar-refractivity contribution >= 4 is 17.7 Å². The summed E-state index contributed by atoms with van der Waals surface area (Å²) in [4.78, 5) is 47.3. The number of aliphatic hydroxyl groups is 1. The maximum absolute atomic E-state index is 14.2. The second-order valence-electron chi connectivity index (χ2n) is 10.5. The Balaban J connectivity index is 1.51. The molecule has 8 heteroatoms. The van der Waals surface area contributed by atoms with Gasteiger partial charge in [-0.05, 0) is 31.2 Å². The Morgan fingerprint density at radius 3 is 2.49 bits per heavy atom. The van der Waals surface area contributed by atoms with Crippen molar-refractivity contribution in [2.75, 3.05) is 32.8 Å². The Morgan fingerprint density at radius 2 is 1.73 bits per heavy atom. The number of likely N-dealkylation sites (tertiary alicyclic amines) is 1. The van der Waals surface area contributed by atoms with Gasteiger partial charge < -0.3 is 24.5 Å². The van der Waals surface area contributed by atoms with Crippen LogP contribution in [0.1, 0.15) is 38.2 Å². The third kappa shape index (κ3) is 4.50.